The van der Waals surface area contributed by atoms with Crippen molar-refractivity contribution in [3.63, 3.8) is 0 Å². The number of fused-ring (bicyclic) bond motifs is 1. The van der Waals surface area contributed by atoms with Crippen LogP contribution in [0.4, 0.5) is 5.69 Å². The van der Waals surface area contributed by atoms with Gasteiger partial charge in [0.05, 0.1) is 22.5 Å². The number of hydrazone groups is 1. The van der Waals surface area contributed by atoms with Crippen molar-refractivity contribution in [2.45, 2.75) is 25.9 Å². The molecule has 0 radical (unpaired) electrons. The van der Waals surface area contributed by atoms with Gasteiger partial charge in [-0.25, -0.2) is 0 Å². The molecule has 3 aliphatic rings. The topological polar surface area (TPSA) is 142 Å². The molecular formula is C25H22N6O5S. The number of nitrogens with zero attached hydrogens (tertiary/aromatic N) is 5. The molecule has 11 nitrogen and oxygen atoms in total. The number of aliphatic imine (C=N–C) groups is 1. The molecule has 3 aliphatic heterocycles. The number of benzene rings is 2. The van der Waals surface area contributed by atoms with Gasteiger partial charge in [-0.05, 0) is 54.4 Å². The Labute approximate surface area is 216 Å². The highest BCUT2D eigenvalue weighted by Crippen LogP contribution is 2.30. The molecule has 2 aromatic rings. The van der Waals surface area contributed by atoms with E-state index in [1.807, 2.05) is 0 Å². The highest BCUT2D eigenvalue weighted by Gasteiger charge is 2.36. The molecule has 0 aromatic heterocycles. The monoisotopic (exact) mass is 518 g/mol. The Kier molecular flexibility index (Phi) is 6.82. The first-order chi connectivity index (χ1) is 17.9. The molecule has 1 saturated heterocycles. The van der Waals surface area contributed by atoms with Gasteiger partial charge in [0.25, 0.3) is 11.6 Å². The van der Waals surface area contributed by atoms with Crippen LogP contribution in [-0.2, 0) is 16.2 Å². The molecule has 3 heterocycles. The zero-order valence-electron chi connectivity index (χ0n) is 19.6. The number of carbonyl (C=O) groups excluding carboxylic acids is 2. The average molecular weight is 519 g/mol. The van der Waals surface area contributed by atoms with Crippen molar-refractivity contribution < 1.29 is 19.2 Å². The van der Waals surface area contributed by atoms with Gasteiger partial charge in [0.2, 0.25) is 11.1 Å². The maximum absolute atomic E-state index is 12.7. The number of likely N-dealkylation sites (tertiary alicyclic amines) is 1. The Bertz CT molecular complexity index is 1380. The predicted molar refractivity (Wildman–Crippen MR) is 139 cm³/mol. The lowest BCUT2D eigenvalue weighted by molar-refractivity contribution is -0.385. The number of nitrogens with one attached hydrogen (secondary N) is 1. The van der Waals surface area contributed by atoms with Gasteiger partial charge in [-0.15, -0.1) is 0 Å². The van der Waals surface area contributed by atoms with Crippen molar-refractivity contribution in [2.75, 3.05) is 13.1 Å². The number of hydrogen-bond acceptors (Lipinski definition) is 8. The fourth-order valence-electron chi connectivity index (χ4n) is 4.11. The van der Waals surface area contributed by atoms with Crippen molar-refractivity contribution in [2.24, 2.45) is 10.1 Å². The Morgan fingerprint density at radius 1 is 1.16 bits per heavy atom. The standard InChI is InChI=1S/C25H22N6O5S/c26-23-19(24(33)27-25-30(23)28-21(37-25)14-22(32)29-11-3-4-12-29)13-16-7-9-18(10-8-16)36-15-17-5-1-2-6-20(17)31(34)35/h1-2,5-10,13,26H,3-4,11-12,14-15H2/b19-13-,26-23?. The molecule has 5 rings (SSSR count). The van der Waals surface area contributed by atoms with Crippen LogP contribution in [-0.4, -0.2) is 55.8 Å². The fraction of sp³-hybridized carbons (Fsp3) is 0.240. The number of hydrogen-bond donors (Lipinski definition) is 1. The first-order valence-corrected chi connectivity index (χ1v) is 12.4. The lowest BCUT2D eigenvalue weighted by Crippen LogP contribution is -2.35. The summed E-state index contributed by atoms with van der Waals surface area (Å²) in [5.74, 6) is -0.175. The van der Waals surface area contributed by atoms with Crippen LogP contribution in [0.1, 0.15) is 30.4 Å². The molecule has 2 amide bonds. The quantitative estimate of drug-likeness (QED) is 0.334. The normalized spacial score (nSPS) is 18.1. The summed E-state index contributed by atoms with van der Waals surface area (Å²) in [6, 6.07) is 13.2. The number of nitro benzene ring substituents is 1. The maximum atomic E-state index is 12.7. The van der Waals surface area contributed by atoms with E-state index in [2.05, 4.69) is 10.1 Å². The van der Waals surface area contributed by atoms with Gasteiger partial charge in [-0.1, -0.05) is 24.3 Å². The molecule has 0 aliphatic carbocycles. The molecule has 0 saturated carbocycles. The van der Waals surface area contributed by atoms with Gasteiger partial charge >= 0.3 is 0 Å². The Hall–Kier alpha value is -4.32. The van der Waals surface area contributed by atoms with Crippen LogP contribution in [0.15, 0.2) is 64.2 Å². The summed E-state index contributed by atoms with van der Waals surface area (Å²) in [6.07, 6.45) is 3.67. The average Bonchev–Trinajstić information content (AvgIpc) is 3.57. The number of carbonyl (C=O) groups is 2. The third-order valence-corrected chi connectivity index (χ3v) is 6.94. The molecule has 0 bridgehead atoms. The summed E-state index contributed by atoms with van der Waals surface area (Å²) in [7, 11) is 0. The number of amides is 2. The first-order valence-electron chi connectivity index (χ1n) is 11.6. The van der Waals surface area contributed by atoms with Gasteiger partial charge in [0.1, 0.15) is 17.4 Å². The van der Waals surface area contributed by atoms with E-state index in [1.54, 1.807) is 53.4 Å². The number of amidine groups is 2. The van der Waals surface area contributed by atoms with Crippen LogP contribution >= 0.6 is 11.8 Å². The smallest absolute Gasteiger partial charge is 0.283 e. The second-order valence-electron chi connectivity index (χ2n) is 8.52. The largest absolute Gasteiger partial charge is 0.489 e. The van der Waals surface area contributed by atoms with Crippen LogP contribution in [0.2, 0.25) is 0 Å². The molecular weight excluding hydrogens is 496 g/mol. The second kappa shape index (κ2) is 10.3. The number of nitro groups is 1. The molecule has 2 aromatic carbocycles. The number of para-hydroxylation sites is 1. The van der Waals surface area contributed by atoms with E-state index in [9.17, 15) is 19.7 Å². The summed E-state index contributed by atoms with van der Waals surface area (Å²) < 4.78 is 5.69. The molecule has 1 fully saturated rings. The van der Waals surface area contributed by atoms with E-state index >= 15 is 0 Å². The minimum atomic E-state index is -0.553. The fourth-order valence-corrected chi connectivity index (χ4v) is 4.99. The van der Waals surface area contributed by atoms with Gasteiger partial charge in [-0.3, -0.25) is 25.1 Å². The number of thioether (sulfide) groups is 1. The SMILES string of the molecule is N=C1/C(=C/c2ccc(OCc3ccccc3[N+](=O)[O-])cc2)C(=O)N=C2SC(CC(=O)N3CCCC3)=NN12. The summed E-state index contributed by atoms with van der Waals surface area (Å²) in [5.41, 5.74) is 1.17. The Balaban J connectivity index is 1.25. The lowest BCUT2D eigenvalue weighted by atomic mass is 10.1. The zero-order chi connectivity index (χ0) is 25.9. The Morgan fingerprint density at radius 2 is 1.89 bits per heavy atom. The van der Waals surface area contributed by atoms with Crippen LogP contribution in [0.25, 0.3) is 6.08 Å². The van der Waals surface area contributed by atoms with Crippen molar-refractivity contribution in [3.8, 4) is 5.75 Å². The van der Waals surface area contributed by atoms with Crippen molar-refractivity contribution >= 4 is 51.4 Å². The van der Waals surface area contributed by atoms with Crippen LogP contribution in [0.3, 0.4) is 0 Å². The van der Waals surface area contributed by atoms with Crippen molar-refractivity contribution in [1.82, 2.24) is 9.91 Å². The van der Waals surface area contributed by atoms with E-state index in [0.29, 0.717) is 21.9 Å². The Morgan fingerprint density at radius 3 is 2.62 bits per heavy atom. The minimum Gasteiger partial charge on any atom is -0.489 e. The van der Waals surface area contributed by atoms with Gasteiger partial charge in [-0.2, -0.15) is 15.1 Å². The third kappa shape index (κ3) is 5.28. The van der Waals surface area contributed by atoms with Gasteiger partial charge in [0, 0.05) is 19.2 Å². The van der Waals surface area contributed by atoms with Crippen LogP contribution in [0.5, 0.6) is 5.75 Å². The summed E-state index contributed by atoms with van der Waals surface area (Å²) in [6.45, 7) is 1.53. The van der Waals surface area contributed by atoms with E-state index in [0.717, 1.165) is 37.7 Å². The number of ether oxygens (including phenoxy) is 1. The molecule has 0 unspecified atom stereocenters. The highest BCUT2D eigenvalue weighted by atomic mass is 32.2. The predicted octanol–water partition coefficient (Wildman–Crippen LogP) is 3.81. The summed E-state index contributed by atoms with van der Waals surface area (Å²) in [4.78, 5) is 41.7. The van der Waals surface area contributed by atoms with Crippen molar-refractivity contribution in [1.29, 1.82) is 5.41 Å². The van der Waals surface area contributed by atoms with Crippen LogP contribution in [0, 0.1) is 15.5 Å². The summed E-state index contributed by atoms with van der Waals surface area (Å²) >= 11 is 1.14. The van der Waals surface area contributed by atoms with Crippen LogP contribution < -0.4 is 4.74 Å². The molecule has 0 spiro atoms. The second-order valence-corrected chi connectivity index (χ2v) is 9.56. The summed E-state index contributed by atoms with van der Waals surface area (Å²) in [5, 5.41) is 26.1. The molecule has 0 atom stereocenters. The minimum absolute atomic E-state index is 0.00981. The molecule has 188 valence electrons. The van der Waals surface area contributed by atoms with Crippen molar-refractivity contribution in [3.05, 3.63) is 75.3 Å². The van der Waals surface area contributed by atoms with E-state index < -0.39 is 10.8 Å². The van der Waals surface area contributed by atoms with E-state index in [1.165, 1.54) is 11.1 Å². The maximum Gasteiger partial charge on any atom is 0.283 e. The van der Waals surface area contributed by atoms with E-state index in [4.69, 9.17) is 10.1 Å². The molecule has 37 heavy (non-hydrogen) atoms. The lowest BCUT2D eigenvalue weighted by Gasteiger charge is -2.20. The molecule has 1 N–H and O–H groups in total. The molecule has 12 heteroatoms. The zero-order valence-corrected chi connectivity index (χ0v) is 20.4. The van der Waals surface area contributed by atoms with E-state index in [-0.39, 0.29) is 41.2 Å². The third-order valence-electron chi connectivity index (χ3n) is 6.03. The van der Waals surface area contributed by atoms with Gasteiger partial charge < -0.3 is 9.64 Å². The number of rotatable bonds is 7. The van der Waals surface area contributed by atoms with Gasteiger partial charge in [0.15, 0.2) is 5.84 Å². The first kappa shape index (κ1) is 24.4. The highest BCUT2D eigenvalue weighted by molar-refractivity contribution is 8.27.